The van der Waals surface area contributed by atoms with Crippen LogP contribution < -0.4 is 0 Å². The summed E-state index contributed by atoms with van der Waals surface area (Å²) in [5, 5.41) is 10.4. The van der Waals surface area contributed by atoms with E-state index < -0.39 is 15.4 Å². The Morgan fingerprint density at radius 2 is 2.00 bits per heavy atom. The molecule has 0 spiro atoms. The highest BCUT2D eigenvalue weighted by Gasteiger charge is 2.29. The van der Waals surface area contributed by atoms with Crippen LogP contribution in [0.5, 0.6) is 0 Å². The van der Waals surface area contributed by atoms with Gasteiger partial charge in [-0.3, -0.25) is 0 Å². The number of hydrogen-bond donors (Lipinski definition) is 1. The maximum atomic E-state index is 11.4. The van der Waals surface area contributed by atoms with Crippen LogP contribution in [-0.2, 0) is 9.84 Å². The number of sulfone groups is 1. The zero-order valence-corrected chi connectivity index (χ0v) is 11.8. The molecule has 0 amide bonds. The molecule has 1 saturated heterocycles. The molecule has 1 aliphatic rings. The minimum atomic E-state index is -2.89. The summed E-state index contributed by atoms with van der Waals surface area (Å²) in [7, 11) is -0.826. The van der Waals surface area contributed by atoms with E-state index in [2.05, 4.69) is 11.9 Å². The number of hydrogen-bond acceptors (Lipinski definition) is 4. The van der Waals surface area contributed by atoms with E-state index in [0.29, 0.717) is 12.8 Å². The summed E-state index contributed by atoms with van der Waals surface area (Å²) >= 11 is 0. The lowest BCUT2D eigenvalue weighted by Gasteiger charge is -2.26. The van der Waals surface area contributed by atoms with Crippen molar-refractivity contribution in [1.82, 2.24) is 4.90 Å². The zero-order valence-electron chi connectivity index (χ0n) is 11.0. The fourth-order valence-electron chi connectivity index (χ4n) is 2.33. The van der Waals surface area contributed by atoms with Gasteiger partial charge in [0, 0.05) is 12.3 Å². The van der Waals surface area contributed by atoms with Gasteiger partial charge in [0.25, 0.3) is 0 Å². The van der Waals surface area contributed by atoms with E-state index >= 15 is 0 Å². The molecule has 5 heteroatoms. The lowest BCUT2D eigenvalue weighted by atomic mass is 9.90. The van der Waals surface area contributed by atoms with E-state index in [1.807, 2.05) is 0 Å². The first-order chi connectivity index (χ1) is 7.87. The number of rotatable bonds is 5. The van der Waals surface area contributed by atoms with E-state index in [4.69, 9.17) is 0 Å². The standard InChI is InChI=1S/C12H25NO3S/c1-3-17(15,16)11-5-7-12(14)6-4-9-13(2)10-8-12/h14H,3-11H2,1-2H3. The Kier molecular flexibility index (Phi) is 5.41. The van der Waals surface area contributed by atoms with Crippen LogP contribution in [0.4, 0.5) is 0 Å². The third-order valence-corrected chi connectivity index (χ3v) is 5.47. The van der Waals surface area contributed by atoms with Crippen molar-refractivity contribution in [2.75, 3.05) is 31.6 Å². The van der Waals surface area contributed by atoms with Crippen molar-refractivity contribution in [3.05, 3.63) is 0 Å². The number of nitrogens with zero attached hydrogens (tertiary/aromatic N) is 1. The van der Waals surface area contributed by atoms with Crippen molar-refractivity contribution in [1.29, 1.82) is 0 Å². The molecular weight excluding hydrogens is 238 g/mol. The van der Waals surface area contributed by atoms with Gasteiger partial charge >= 0.3 is 0 Å². The molecule has 1 unspecified atom stereocenters. The maximum absolute atomic E-state index is 11.4. The molecule has 0 aromatic rings. The molecule has 0 bridgehead atoms. The summed E-state index contributed by atoms with van der Waals surface area (Å²) in [5.41, 5.74) is -0.645. The molecule has 1 fully saturated rings. The SMILES string of the molecule is CCS(=O)(=O)CCCC1(O)CCCN(C)CC1. The molecule has 1 atom stereocenters. The summed E-state index contributed by atoms with van der Waals surface area (Å²) in [6.45, 7) is 3.59. The first-order valence-electron chi connectivity index (χ1n) is 6.48. The molecular formula is C12H25NO3S. The summed E-state index contributed by atoms with van der Waals surface area (Å²) in [4.78, 5) is 2.22. The molecule has 0 aromatic carbocycles. The third-order valence-electron chi connectivity index (χ3n) is 3.68. The molecule has 1 rings (SSSR count). The molecule has 4 nitrogen and oxygen atoms in total. The second-order valence-corrected chi connectivity index (χ2v) is 7.69. The first kappa shape index (κ1) is 14.9. The highest BCUT2D eigenvalue weighted by Crippen LogP contribution is 2.26. The summed E-state index contributed by atoms with van der Waals surface area (Å²) in [6.07, 6.45) is 3.74. The van der Waals surface area contributed by atoms with Crippen LogP contribution >= 0.6 is 0 Å². The Labute approximate surface area is 105 Å². The predicted octanol–water partition coefficient (Wildman–Crippen LogP) is 1.05. The monoisotopic (exact) mass is 263 g/mol. The lowest BCUT2D eigenvalue weighted by molar-refractivity contribution is 0.0171. The van der Waals surface area contributed by atoms with Crippen LogP contribution in [0.3, 0.4) is 0 Å². The Balaban J connectivity index is 2.39. The quantitative estimate of drug-likeness (QED) is 0.805. The van der Waals surface area contributed by atoms with Gasteiger partial charge in [-0.2, -0.15) is 0 Å². The van der Waals surface area contributed by atoms with Gasteiger partial charge in [-0.25, -0.2) is 8.42 Å². The van der Waals surface area contributed by atoms with Crippen molar-refractivity contribution in [3.8, 4) is 0 Å². The number of likely N-dealkylation sites (tertiary alicyclic amines) is 1. The van der Waals surface area contributed by atoms with Gasteiger partial charge in [-0.1, -0.05) is 6.92 Å². The Hall–Kier alpha value is -0.130. The van der Waals surface area contributed by atoms with E-state index in [-0.39, 0.29) is 11.5 Å². The van der Waals surface area contributed by atoms with E-state index in [1.54, 1.807) is 6.92 Å². The van der Waals surface area contributed by atoms with E-state index in [9.17, 15) is 13.5 Å². The highest BCUT2D eigenvalue weighted by atomic mass is 32.2. The zero-order chi connectivity index (χ0) is 12.9. The van der Waals surface area contributed by atoms with Crippen LogP contribution in [-0.4, -0.2) is 55.7 Å². The van der Waals surface area contributed by atoms with Crippen molar-refractivity contribution >= 4 is 9.84 Å². The molecule has 17 heavy (non-hydrogen) atoms. The smallest absolute Gasteiger partial charge is 0.150 e. The molecule has 1 aliphatic heterocycles. The van der Waals surface area contributed by atoms with Crippen LogP contribution in [0.25, 0.3) is 0 Å². The average molecular weight is 263 g/mol. The number of aliphatic hydroxyl groups is 1. The molecule has 0 saturated carbocycles. The molecule has 1 N–H and O–H groups in total. The second-order valence-electron chi connectivity index (χ2n) is 5.22. The van der Waals surface area contributed by atoms with E-state index in [1.165, 1.54) is 0 Å². The minimum absolute atomic E-state index is 0.203. The topological polar surface area (TPSA) is 57.6 Å². The van der Waals surface area contributed by atoms with Crippen LogP contribution in [0.15, 0.2) is 0 Å². The average Bonchev–Trinajstić information content (AvgIpc) is 2.41. The summed E-state index contributed by atoms with van der Waals surface area (Å²) in [6, 6.07) is 0. The van der Waals surface area contributed by atoms with Crippen LogP contribution in [0.2, 0.25) is 0 Å². The molecule has 102 valence electrons. The van der Waals surface area contributed by atoms with E-state index in [0.717, 1.165) is 32.4 Å². The van der Waals surface area contributed by atoms with Crippen molar-refractivity contribution in [2.24, 2.45) is 0 Å². The Morgan fingerprint density at radius 1 is 1.29 bits per heavy atom. The molecule has 1 heterocycles. The van der Waals surface area contributed by atoms with Crippen LogP contribution in [0.1, 0.15) is 39.0 Å². The lowest BCUT2D eigenvalue weighted by Crippen LogP contribution is -2.31. The van der Waals surface area contributed by atoms with Crippen molar-refractivity contribution in [3.63, 3.8) is 0 Å². The van der Waals surface area contributed by atoms with Crippen molar-refractivity contribution < 1.29 is 13.5 Å². The van der Waals surface area contributed by atoms with Gasteiger partial charge in [0.1, 0.15) is 9.84 Å². The van der Waals surface area contributed by atoms with Gasteiger partial charge in [-0.05, 0) is 45.7 Å². The largest absolute Gasteiger partial charge is 0.390 e. The third kappa shape index (κ3) is 5.36. The highest BCUT2D eigenvalue weighted by molar-refractivity contribution is 7.91. The maximum Gasteiger partial charge on any atom is 0.150 e. The first-order valence-corrected chi connectivity index (χ1v) is 8.30. The van der Waals surface area contributed by atoms with Gasteiger partial charge in [0.15, 0.2) is 0 Å². The van der Waals surface area contributed by atoms with Gasteiger partial charge in [0.05, 0.1) is 11.4 Å². The summed E-state index contributed by atoms with van der Waals surface area (Å²) < 4.78 is 22.8. The second kappa shape index (κ2) is 6.16. The van der Waals surface area contributed by atoms with Gasteiger partial charge in [0.2, 0.25) is 0 Å². The fourth-order valence-corrected chi connectivity index (χ4v) is 3.20. The summed E-state index contributed by atoms with van der Waals surface area (Å²) in [5.74, 6) is 0.413. The van der Waals surface area contributed by atoms with Crippen LogP contribution in [0, 0.1) is 0 Å². The predicted molar refractivity (Wildman–Crippen MR) is 69.9 cm³/mol. The Bertz CT molecular complexity index is 329. The molecule has 0 aromatic heterocycles. The van der Waals surface area contributed by atoms with Crippen molar-refractivity contribution in [2.45, 2.75) is 44.6 Å². The molecule has 0 aliphatic carbocycles. The van der Waals surface area contributed by atoms with Gasteiger partial charge < -0.3 is 10.0 Å². The normalized spacial score (nSPS) is 27.9. The molecule has 0 radical (unpaired) electrons. The fraction of sp³-hybridized carbons (Fsp3) is 1.00. The Morgan fingerprint density at radius 3 is 2.65 bits per heavy atom. The minimum Gasteiger partial charge on any atom is -0.390 e. The van der Waals surface area contributed by atoms with Gasteiger partial charge in [-0.15, -0.1) is 0 Å².